The van der Waals surface area contributed by atoms with Crippen LogP contribution in [-0.4, -0.2) is 66.5 Å². The first-order valence-electron chi connectivity index (χ1n) is 13.0. The second-order valence-corrected chi connectivity index (χ2v) is 12.0. The Morgan fingerprint density at radius 3 is 2.57 bits per heavy atom. The number of rotatable bonds is 3. The second-order valence-electron chi connectivity index (χ2n) is 12.0. The van der Waals surface area contributed by atoms with Crippen LogP contribution in [0.25, 0.3) is 0 Å². The monoisotopic (exact) mass is 485 g/mol. The van der Waals surface area contributed by atoms with Crippen LogP contribution in [0, 0.1) is 0 Å². The van der Waals surface area contributed by atoms with Crippen molar-refractivity contribution in [1.82, 2.24) is 4.90 Å². The molecule has 190 valence electrons. The van der Waals surface area contributed by atoms with Gasteiger partial charge in [-0.3, -0.25) is 4.90 Å². The molecule has 35 heavy (non-hydrogen) atoms. The van der Waals surface area contributed by atoms with Gasteiger partial charge in [-0.1, -0.05) is 0 Å². The van der Waals surface area contributed by atoms with Gasteiger partial charge in [0.25, 0.3) is 0 Å². The van der Waals surface area contributed by atoms with Gasteiger partial charge in [0, 0.05) is 31.5 Å². The van der Waals surface area contributed by atoms with E-state index >= 15 is 0 Å². The highest BCUT2D eigenvalue weighted by atomic mass is 16.7. The van der Waals surface area contributed by atoms with Crippen LogP contribution in [0.4, 0.5) is 0 Å². The smallest absolute Gasteiger partial charge is 0.338 e. The highest BCUT2D eigenvalue weighted by molar-refractivity contribution is 5.80. The normalized spacial score (nSPS) is 42.5. The lowest BCUT2D eigenvalue weighted by molar-refractivity contribution is -0.287. The Balaban J connectivity index is 1.35. The highest BCUT2D eigenvalue weighted by Crippen LogP contribution is 2.65. The lowest BCUT2D eigenvalue weighted by Gasteiger charge is -2.44. The van der Waals surface area contributed by atoms with Gasteiger partial charge in [-0.15, -0.1) is 0 Å². The number of carbonyl (C=O) groups excluding carboxylic acids is 1. The van der Waals surface area contributed by atoms with Crippen LogP contribution in [-0.2, 0) is 23.7 Å². The number of hydrogen-bond donors (Lipinski definition) is 0. The maximum atomic E-state index is 13.8. The fraction of sp³-hybridized carbons (Fsp3) is 0.741. The van der Waals surface area contributed by atoms with Gasteiger partial charge in [-0.05, 0) is 82.7 Å². The molecule has 3 saturated heterocycles. The van der Waals surface area contributed by atoms with Gasteiger partial charge >= 0.3 is 5.97 Å². The van der Waals surface area contributed by atoms with Gasteiger partial charge in [0.15, 0.2) is 23.2 Å². The quantitative estimate of drug-likeness (QED) is 0.599. The number of benzene rings is 1. The molecule has 1 saturated carbocycles. The number of ether oxygens (including phenoxy) is 6. The van der Waals surface area contributed by atoms with Crippen LogP contribution in [0.2, 0.25) is 0 Å². The molecule has 1 aliphatic carbocycles. The third-order valence-corrected chi connectivity index (χ3v) is 9.47. The first-order chi connectivity index (χ1) is 16.7. The zero-order chi connectivity index (χ0) is 24.2. The van der Waals surface area contributed by atoms with Crippen molar-refractivity contribution in [3.63, 3.8) is 0 Å². The Kier molecular flexibility index (Phi) is 4.54. The Morgan fingerprint density at radius 2 is 1.83 bits per heavy atom. The van der Waals surface area contributed by atoms with E-state index < -0.39 is 17.5 Å². The van der Waals surface area contributed by atoms with Crippen molar-refractivity contribution in [2.24, 2.45) is 0 Å². The molecule has 0 aromatic heterocycles. The van der Waals surface area contributed by atoms with Crippen LogP contribution in [0.15, 0.2) is 12.1 Å². The summed E-state index contributed by atoms with van der Waals surface area (Å²) < 4.78 is 37.4. The molecule has 2 unspecified atom stereocenters. The SMILES string of the molecule is CO[C@]12C[C@]34CCCN3C[C@@H](O1)c1cc3c(cc1[C@@H]4C2OC(=O)C1(C)CCCC(C)(C)O1)OCO3. The second kappa shape index (κ2) is 7.12. The van der Waals surface area contributed by atoms with Gasteiger partial charge in [-0.2, -0.15) is 0 Å². The summed E-state index contributed by atoms with van der Waals surface area (Å²) in [5.41, 5.74) is 0.671. The maximum Gasteiger partial charge on any atom is 0.338 e. The molecular formula is C27H35NO7. The van der Waals surface area contributed by atoms with E-state index in [-0.39, 0.29) is 35.9 Å². The molecule has 1 spiro atoms. The predicted molar refractivity (Wildman–Crippen MR) is 124 cm³/mol. The molecule has 8 nitrogen and oxygen atoms in total. The zero-order valence-corrected chi connectivity index (χ0v) is 21.1. The molecule has 1 aromatic rings. The van der Waals surface area contributed by atoms with Crippen LogP contribution in [0.1, 0.15) is 82.4 Å². The Hall–Kier alpha value is -1.87. The summed E-state index contributed by atoms with van der Waals surface area (Å²) in [6.45, 7) is 7.97. The summed E-state index contributed by atoms with van der Waals surface area (Å²) in [6.07, 6.45) is 4.50. The Morgan fingerprint density at radius 1 is 1.06 bits per heavy atom. The molecule has 0 N–H and O–H groups in total. The van der Waals surface area contributed by atoms with Gasteiger partial charge in [0.2, 0.25) is 12.6 Å². The van der Waals surface area contributed by atoms with Crippen LogP contribution >= 0.6 is 0 Å². The maximum absolute atomic E-state index is 13.8. The number of fused-ring (bicyclic) bond motifs is 1. The van der Waals surface area contributed by atoms with E-state index in [2.05, 4.69) is 17.0 Å². The molecule has 8 rings (SSSR count). The largest absolute Gasteiger partial charge is 0.454 e. The van der Waals surface area contributed by atoms with E-state index in [4.69, 9.17) is 28.4 Å². The third kappa shape index (κ3) is 2.97. The van der Waals surface area contributed by atoms with Crippen molar-refractivity contribution < 1.29 is 33.2 Å². The molecular weight excluding hydrogens is 450 g/mol. The molecule has 1 aromatic carbocycles. The summed E-state index contributed by atoms with van der Waals surface area (Å²) in [5, 5.41) is 0. The van der Waals surface area contributed by atoms with Crippen molar-refractivity contribution in [2.75, 3.05) is 27.0 Å². The third-order valence-electron chi connectivity index (χ3n) is 9.47. The summed E-state index contributed by atoms with van der Waals surface area (Å²) in [6, 6.07) is 4.16. The van der Waals surface area contributed by atoms with Crippen LogP contribution in [0.5, 0.6) is 11.5 Å². The topological polar surface area (TPSA) is 75.7 Å². The molecule has 6 atom stereocenters. The lowest BCUT2D eigenvalue weighted by Crippen LogP contribution is -2.54. The van der Waals surface area contributed by atoms with E-state index in [0.717, 1.165) is 61.4 Å². The van der Waals surface area contributed by atoms with Crippen molar-refractivity contribution in [2.45, 2.75) is 100.0 Å². The fourth-order valence-electron chi connectivity index (χ4n) is 8.02. The number of methoxy groups -OCH3 is 1. The summed E-state index contributed by atoms with van der Waals surface area (Å²) >= 11 is 0. The molecule has 6 heterocycles. The van der Waals surface area contributed by atoms with E-state index in [1.807, 2.05) is 20.8 Å². The number of nitrogens with zero attached hydrogens (tertiary/aromatic N) is 1. The summed E-state index contributed by atoms with van der Waals surface area (Å²) in [4.78, 5) is 16.4. The highest BCUT2D eigenvalue weighted by Gasteiger charge is 2.72. The molecule has 6 aliphatic heterocycles. The summed E-state index contributed by atoms with van der Waals surface area (Å²) in [5.74, 6) is 0.0572. The van der Waals surface area contributed by atoms with Gasteiger partial charge in [-0.25, -0.2) is 4.79 Å². The van der Waals surface area contributed by atoms with E-state index in [0.29, 0.717) is 12.8 Å². The van der Waals surface area contributed by atoms with Gasteiger partial charge in [0.1, 0.15) is 0 Å². The lowest BCUT2D eigenvalue weighted by atomic mass is 9.78. The predicted octanol–water partition coefficient (Wildman–Crippen LogP) is 3.81. The summed E-state index contributed by atoms with van der Waals surface area (Å²) in [7, 11) is 1.68. The molecule has 0 amide bonds. The van der Waals surface area contributed by atoms with Crippen molar-refractivity contribution >= 4 is 5.97 Å². The average molecular weight is 486 g/mol. The van der Waals surface area contributed by atoms with E-state index in [1.54, 1.807) is 7.11 Å². The van der Waals surface area contributed by atoms with Crippen LogP contribution < -0.4 is 9.47 Å². The minimum absolute atomic E-state index is 0.0916. The van der Waals surface area contributed by atoms with E-state index in [1.165, 1.54) is 0 Å². The van der Waals surface area contributed by atoms with Gasteiger partial charge < -0.3 is 28.4 Å². The molecule has 8 heteroatoms. The first-order valence-corrected chi connectivity index (χ1v) is 13.0. The number of hydrogen-bond acceptors (Lipinski definition) is 8. The van der Waals surface area contributed by atoms with Gasteiger partial charge in [0.05, 0.1) is 11.7 Å². The molecule has 4 fully saturated rings. The van der Waals surface area contributed by atoms with Crippen molar-refractivity contribution in [3.05, 3.63) is 23.3 Å². The Bertz CT molecular complexity index is 1090. The zero-order valence-electron chi connectivity index (χ0n) is 21.1. The minimum Gasteiger partial charge on any atom is -0.454 e. The number of esters is 1. The first kappa shape index (κ1) is 22.3. The standard InChI is InChI=1S/C27H35NO7/c1-24(2)7-5-8-25(3,35-24)23(29)33-22-21-17-12-19-18(31-15-32-19)11-16(17)20-13-28-10-6-9-26(21,28)14-27(22,30-4)34-20/h11-12,20-22H,5-10,13-15H2,1-4H3/t20-,21-,22?,25?,26+,27-/m1/s1. The molecule has 7 aliphatic rings. The fourth-order valence-corrected chi connectivity index (χ4v) is 8.02. The van der Waals surface area contributed by atoms with Crippen molar-refractivity contribution in [3.8, 4) is 11.5 Å². The molecule has 0 radical (unpaired) electrons. The Labute approximate surface area is 206 Å². The molecule has 4 bridgehead atoms. The van der Waals surface area contributed by atoms with E-state index in [9.17, 15) is 4.79 Å². The van der Waals surface area contributed by atoms with Crippen molar-refractivity contribution in [1.29, 1.82) is 0 Å². The number of carbonyl (C=O) groups is 1. The van der Waals surface area contributed by atoms with Crippen LogP contribution in [0.3, 0.4) is 0 Å². The average Bonchev–Trinajstić information content (AvgIpc) is 3.42. The minimum atomic E-state index is -1.02.